The average molecular weight is 208 g/mol. The zero-order chi connectivity index (χ0) is 11.6. The van der Waals surface area contributed by atoms with Crippen LogP contribution in [0, 0.1) is 0 Å². The van der Waals surface area contributed by atoms with Gasteiger partial charge in [0.2, 0.25) is 0 Å². The Bertz CT molecular complexity index is 381. The molecule has 4 N–H and O–H groups in total. The molecule has 0 aliphatic carbocycles. The molecule has 1 aromatic rings. The number of benzene rings is 1. The topological polar surface area (TPSA) is 78.3 Å². The predicted molar refractivity (Wildman–Crippen MR) is 59.8 cm³/mol. The van der Waals surface area contributed by atoms with Gasteiger partial charge in [0.05, 0.1) is 5.56 Å². The molecule has 1 rings (SSSR count). The van der Waals surface area contributed by atoms with Gasteiger partial charge in [-0.2, -0.15) is 0 Å². The molecule has 0 aliphatic heterocycles. The zero-order valence-electron chi connectivity index (χ0n) is 9.20. The van der Waals surface area contributed by atoms with E-state index < -0.39 is 5.91 Å². The Hall–Kier alpha value is -1.71. The van der Waals surface area contributed by atoms with E-state index in [2.05, 4.69) is 0 Å². The minimum Gasteiger partial charge on any atom is -0.488 e. The van der Waals surface area contributed by atoms with Gasteiger partial charge < -0.3 is 16.2 Å². The molecule has 0 unspecified atom stereocenters. The van der Waals surface area contributed by atoms with Crippen LogP contribution in [-0.2, 0) is 0 Å². The lowest BCUT2D eigenvalue weighted by molar-refractivity contribution is 0.0997. The van der Waals surface area contributed by atoms with Gasteiger partial charge in [-0.25, -0.2) is 0 Å². The summed E-state index contributed by atoms with van der Waals surface area (Å²) in [6.07, 6.45) is 0. The molecular formula is C11H16N2O2. The average Bonchev–Trinajstić information content (AvgIpc) is 2.05. The van der Waals surface area contributed by atoms with Crippen LogP contribution in [0.5, 0.6) is 5.75 Å². The second-order valence-electron chi connectivity index (χ2n) is 4.33. The molecule has 15 heavy (non-hydrogen) atoms. The second kappa shape index (κ2) is 3.81. The van der Waals surface area contributed by atoms with Crippen molar-refractivity contribution in [3.63, 3.8) is 0 Å². The largest absolute Gasteiger partial charge is 0.488 e. The van der Waals surface area contributed by atoms with Crippen LogP contribution in [-0.4, -0.2) is 11.5 Å². The number of hydrogen-bond donors (Lipinski definition) is 2. The summed E-state index contributed by atoms with van der Waals surface area (Å²) in [5.41, 5.74) is 11.1. The summed E-state index contributed by atoms with van der Waals surface area (Å²) >= 11 is 0. The van der Waals surface area contributed by atoms with E-state index >= 15 is 0 Å². The standard InChI is InChI=1S/C11H16N2O2/c1-11(2,3)15-7-4-5-9(12)8(6-7)10(13)14/h4-6H,12H2,1-3H3,(H2,13,14). The number of carbonyl (C=O) groups excluding carboxylic acids is 1. The van der Waals surface area contributed by atoms with Crippen LogP contribution in [0.4, 0.5) is 5.69 Å². The molecular weight excluding hydrogens is 192 g/mol. The first-order chi connectivity index (χ1) is 6.79. The molecule has 1 amide bonds. The van der Waals surface area contributed by atoms with Gasteiger partial charge in [0.1, 0.15) is 11.4 Å². The molecule has 0 aromatic heterocycles. The van der Waals surface area contributed by atoms with Crippen molar-refractivity contribution in [3.8, 4) is 5.75 Å². The highest BCUT2D eigenvalue weighted by molar-refractivity contribution is 5.98. The lowest BCUT2D eigenvalue weighted by Crippen LogP contribution is -2.23. The van der Waals surface area contributed by atoms with Crippen molar-refractivity contribution >= 4 is 11.6 Å². The Kier molecular flexibility index (Phi) is 2.88. The van der Waals surface area contributed by atoms with Crippen LogP contribution < -0.4 is 16.2 Å². The molecule has 0 aliphatic rings. The number of carbonyl (C=O) groups is 1. The van der Waals surface area contributed by atoms with Crippen LogP contribution in [0.2, 0.25) is 0 Å². The van der Waals surface area contributed by atoms with Crippen molar-refractivity contribution in [2.45, 2.75) is 26.4 Å². The highest BCUT2D eigenvalue weighted by atomic mass is 16.5. The van der Waals surface area contributed by atoms with Gasteiger partial charge in [-0.3, -0.25) is 4.79 Å². The first kappa shape index (κ1) is 11.4. The number of rotatable bonds is 2. The highest BCUT2D eigenvalue weighted by Crippen LogP contribution is 2.22. The van der Waals surface area contributed by atoms with Crippen LogP contribution in [0.15, 0.2) is 18.2 Å². The van der Waals surface area contributed by atoms with Gasteiger partial charge in [-0.05, 0) is 39.0 Å². The molecule has 0 saturated carbocycles. The summed E-state index contributed by atoms with van der Waals surface area (Å²) in [5, 5.41) is 0. The van der Waals surface area contributed by atoms with Crippen molar-refractivity contribution in [2.24, 2.45) is 5.73 Å². The van der Waals surface area contributed by atoms with E-state index in [1.807, 2.05) is 20.8 Å². The summed E-state index contributed by atoms with van der Waals surface area (Å²) in [7, 11) is 0. The fourth-order valence-electron chi connectivity index (χ4n) is 1.17. The second-order valence-corrected chi connectivity index (χ2v) is 4.33. The predicted octanol–water partition coefficient (Wildman–Crippen LogP) is 1.55. The van der Waals surface area contributed by atoms with Gasteiger partial charge in [0.15, 0.2) is 0 Å². The van der Waals surface area contributed by atoms with E-state index in [9.17, 15) is 4.79 Å². The fourth-order valence-corrected chi connectivity index (χ4v) is 1.17. The Morgan fingerprint density at radius 2 is 1.93 bits per heavy atom. The van der Waals surface area contributed by atoms with Crippen LogP contribution >= 0.6 is 0 Å². The normalized spacial score (nSPS) is 11.1. The Morgan fingerprint density at radius 1 is 1.33 bits per heavy atom. The summed E-state index contributed by atoms with van der Waals surface area (Å²) in [4.78, 5) is 11.0. The van der Waals surface area contributed by atoms with Gasteiger partial charge in [0, 0.05) is 5.69 Å². The smallest absolute Gasteiger partial charge is 0.250 e. The lowest BCUT2D eigenvalue weighted by atomic mass is 10.1. The Labute approximate surface area is 89.2 Å². The highest BCUT2D eigenvalue weighted by Gasteiger charge is 2.14. The molecule has 82 valence electrons. The third-order valence-electron chi connectivity index (χ3n) is 1.71. The molecule has 1 aromatic carbocycles. The fraction of sp³-hybridized carbons (Fsp3) is 0.364. The molecule has 0 fully saturated rings. The maximum Gasteiger partial charge on any atom is 0.250 e. The molecule has 4 heteroatoms. The molecule has 0 bridgehead atoms. The van der Waals surface area contributed by atoms with Crippen LogP contribution in [0.25, 0.3) is 0 Å². The van der Waals surface area contributed by atoms with Crippen molar-refractivity contribution in [1.82, 2.24) is 0 Å². The van der Waals surface area contributed by atoms with E-state index in [4.69, 9.17) is 16.2 Å². The van der Waals surface area contributed by atoms with Gasteiger partial charge in [-0.15, -0.1) is 0 Å². The van der Waals surface area contributed by atoms with Crippen molar-refractivity contribution in [1.29, 1.82) is 0 Å². The Morgan fingerprint density at radius 3 is 2.40 bits per heavy atom. The summed E-state index contributed by atoms with van der Waals surface area (Å²) in [6.45, 7) is 5.77. The van der Waals surface area contributed by atoms with Crippen molar-refractivity contribution in [3.05, 3.63) is 23.8 Å². The van der Waals surface area contributed by atoms with Crippen LogP contribution in [0.1, 0.15) is 31.1 Å². The summed E-state index contributed by atoms with van der Waals surface area (Å²) in [5.74, 6) is 0.0392. The molecule has 0 atom stereocenters. The van der Waals surface area contributed by atoms with Gasteiger partial charge in [-0.1, -0.05) is 0 Å². The number of primary amides is 1. The van der Waals surface area contributed by atoms with Crippen molar-refractivity contribution in [2.75, 3.05) is 5.73 Å². The third-order valence-corrected chi connectivity index (χ3v) is 1.71. The molecule has 0 saturated heterocycles. The maximum atomic E-state index is 11.0. The van der Waals surface area contributed by atoms with Gasteiger partial charge in [0.25, 0.3) is 5.91 Å². The van der Waals surface area contributed by atoms with Gasteiger partial charge >= 0.3 is 0 Å². The first-order valence-electron chi connectivity index (χ1n) is 4.68. The molecule has 0 heterocycles. The minimum absolute atomic E-state index is 0.289. The first-order valence-corrected chi connectivity index (χ1v) is 4.68. The molecule has 0 spiro atoms. The number of nitrogen functional groups attached to an aromatic ring is 1. The molecule has 0 radical (unpaired) electrons. The van der Waals surface area contributed by atoms with E-state index in [1.54, 1.807) is 18.2 Å². The van der Waals surface area contributed by atoms with E-state index in [0.29, 0.717) is 11.4 Å². The maximum absolute atomic E-state index is 11.0. The Balaban J connectivity index is 3.03. The van der Waals surface area contributed by atoms with E-state index in [1.165, 1.54) is 0 Å². The number of hydrogen-bond acceptors (Lipinski definition) is 3. The number of ether oxygens (including phenoxy) is 1. The van der Waals surface area contributed by atoms with E-state index in [0.717, 1.165) is 0 Å². The SMILES string of the molecule is CC(C)(C)Oc1ccc(N)c(C(N)=O)c1. The third kappa shape index (κ3) is 3.16. The van der Waals surface area contributed by atoms with Crippen LogP contribution in [0.3, 0.4) is 0 Å². The quantitative estimate of drug-likeness (QED) is 0.724. The zero-order valence-corrected chi connectivity index (χ0v) is 9.20. The number of anilines is 1. The van der Waals surface area contributed by atoms with Crippen molar-refractivity contribution < 1.29 is 9.53 Å². The lowest BCUT2D eigenvalue weighted by Gasteiger charge is -2.21. The summed E-state index contributed by atoms with van der Waals surface area (Å²) < 4.78 is 5.58. The minimum atomic E-state index is -0.549. The summed E-state index contributed by atoms with van der Waals surface area (Å²) in [6, 6.07) is 4.89. The molecule has 4 nitrogen and oxygen atoms in total. The monoisotopic (exact) mass is 208 g/mol. The number of nitrogens with two attached hydrogens (primary N) is 2. The van der Waals surface area contributed by atoms with E-state index in [-0.39, 0.29) is 11.2 Å². The number of amides is 1.